The predicted molar refractivity (Wildman–Crippen MR) is 84.1 cm³/mol. The van der Waals surface area contributed by atoms with Crippen molar-refractivity contribution in [3.63, 3.8) is 0 Å². The fraction of sp³-hybridized carbons (Fsp3) is 0.385. The smallest absolute Gasteiger partial charge is 0.327 e. The summed E-state index contributed by atoms with van der Waals surface area (Å²) in [6.45, 7) is 2.08. The molecule has 0 bridgehead atoms. The van der Waals surface area contributed by atoms with Crippen LogP contribution in [0.5, 0.6) is 0 Å². The van der Waals surface area contributed by atoms with Crippen LogP contribution in [0.2, 0.25) is 0 Å². The molecule has 5 nitrogen and oxygen atoms in total. The van der Waals surface area contributed by atoms with Gasteiger partial charge in [-0.15, -0.1) is 5.10 Å². The molecule has 1 atom stereocenters. The first-order valence-corrected chi connectivity index (χ1v) is 7.95. The maximum absolute atomic E-state index is 11.4. The van der Waals surface area contributed by atoms with Crippen LogP contribution in [0, 0.1) is 0 Å². The van der Waals surface area contributed by atoms with E-state index >= 15 is 0 Å². The molecule has 0 aliphatic carbocycles. The zero-order valence-electron chi connectivity index (χ0n) is 11.4. The molecule has 1 heterocycles. The topological polar surface area (TPSA) is 76.7 Å². The molecule has 2 rings (SSSR count). The number of H-pyrrole nitrogens is 1. The third kappa shape index (κ3) is 3.53. The van der Waals surface area contributed by atoms with E-state index < -0.39 is 0 Å². The van der Waals surface area contributed by atoms with Gasteiger partial charge in [-0.2, -0.15) is 0 Å². The second kappa shape index (κ2) is 6.60. The lowest BCUT2D eigenvalue weighted by molar-refractivity contribution is 0.640. The van der Waals surface area contributed by atoms with Crippen molar-refractivity contribution in [2.24, 2.45) is 12.8 Å². The van der Waals surface area contributed by atoms with E-state index in [1.54, 1.807) is 7.05 Å². The molecule has 1 aromatic carbocycles. The first kappa shape index (κ1) is 15.3. The van der Waals surface area contributed by atoms with Gasteiger partial charge in [0.05, 0.1) is 0 Å². The van der Waals surface area contributed by atoms with E-state index in [1.165, 1.54) is 16.3 Å². The van der Waals surface area contributed by atoms with Gasteiger partial charge in [0.25, 0.3) is 0 Å². The zero-order valence-corrected chi connectivity index (χ0v) is 13.8. The molecule has 1 unspecified atom stereocenters. The number of aromatic amines is 1. The van der Waals surface area contributed by atoms with Gasteiger partial charge in [0.2, 0.25) is 0 Å². The Labute approximate surface area is 130 Å². The quantitative estimate of drug-likeness (QED) is 0.861. The highest BCUT2D eigenvalue weighted by atomic mass is 79.9. The average molecular weight is 357 g/mol. The number of benzene rings is 1. The summed E-state index contributed by atoms with van der Waals surface area (Å²) >= 11 is 4.95. The molecular weight excluding hydrogens is 340 g/mol. The summed E-state index contributed by atoms with van der Waals surface area (Å²) in [6.07, 6.45) is 1.73. The summed E-state index contributed by atoms with van der Waals surface area (Å²) in [5.74, 6) is 0. The Bertz CT molecular complexity index is 652. The number of aromatic nitrogens is 3. The molecule has 7 heteroatoms. The lowest BCUT2D eigenvalue weighted by Crippen LogP contribution is -2.21. The van der Waals surface area contributed by atoms with Crippen LogP contribution in [0.15, 0.2) is 37.5 Å². The number of nitrogens with one attached hydrogen (secondary N) is 1. The molecule has 0 amide bonds. The first-order valence-electron chi connectivity index (χ1n) is 6.34. The Morgan fingerprint density at radius 1 is 1.55 bits per heavy atom. The van der Waals surface area contributed by atoms with Gasteiger partial charge in [0, 0.05) is 22.5 Å². The molecule has 0 aliphatic heterocycles. The number of hydrogen-bond acceptors (Lipinski definition) is 4. The highest BCUT2D eigenvalue weighted by Gasteiger charge is 2.12. The molecule has 0 saturated carbocycles. The van der Waals surface area contributed by atoms with Crippen LogP contribution in [0.1, 0.15) is 18.9 Å². The van der Waals surface area contributed by atoms with Crippen LogP contribution in [-0.4, -0.2) is 20.8 Å². The van der Waals surface area contributed by atoms with Crippen molar-refractivity contribution in [1.29, 1.82) is 0 Å². The molecule has 20 heavy (non-hydrogen) atoms. The number of rotatable bonds is 5. The van der Waals surface area contributed by atoms with Crippen molar-refractivity contribution in [3.05, 3.63) is 38.7 Å². The summed E-state index contributed by atoms with van der Waals surface area (Å²) in [5, 5.41) is 7.10. The average Bonchev–Trinajstić information content (AvgIpc) is 2.73. The van der Waals surface area contributed by atoms with Crippen LogP contribution < -0.4 is 11.4 Å². The largest absolute Gasteiger partial charge is 0.343 e. The van der Waals surface area contributed by atoms with E-state index in [-0.39, 0.29) is 11.7 Å². The van der Waals surface area contributed by atoms with Crippen LogP contribution in [-0.2, 0) is 13.5 Å². The van der Waals surface area contributed by atoms with Crippen LogP contribution in [0.3, 0.4) is 0 Å². The fourth-order valence-electron chi connectivity index (χ4n) is 1.76. The van der Waals surface area contributed by atoms with Crippen molar-refractivity contribution in [1.82, 2.24) is 14.8 Å². The highest BCUT2D eigenvalue weighted by Crippen LogP contribution is 2.31. The maximum Gasteiger partial charge on any atom is 0.343 e. The SMILES string of the molecule is CCC(N)Cc1cc(Br)ccc1Sc1n[nH]c(=O)n1C. The molecule has 108 valence electrons. The van der Waals surface area contributed by atoms with E-state index in [4.69, 9.17) is 5.73 Å². The second-order valence-electron chi connectivity index (χ2n) is 4.60. The third-order valence-electron chi connectivity index (χ3n) is 3.07. The van der Waals surface area contributed by atoms with Gasteiger partial charge in [-0.1, -0.05) is 22.9 Å². The molecule has 1 aromatic heterocycles. The maximum atomic E-state index is 11.4. The van der Waals surface area contributed by atoms with Gasteiger partial charge in [-0.05, 0) is 48.4 Å². The summed E-state index contributed by atoms with van der Waals surface area (Å²) in [4.78, 5) is 12.5. The molecule has 2 aromatic rings. The van der Waals surface area contributed by atoms with Gasteiger partial charge in [0.15, 0.2) is 5.16 Å². The summed E-state index contributed by atoms with van der Waals surface area (Å²) in [5.41, 5.74) is 7.00. The third-order valence-corrected chi connectivity index (χ3v) is 4.73. The van der Waals surface area contributed by atoms with E-state index in [9.17, 15) is 4.79 Å². The molecular formula is C13H17BrN4OS. The second-order valence-corrected chi connectivity index (χ2v) is 6.52. The number of nitrogens with zero attached hydrogens (tertiary/aromatic N) is 2. The van der Waals surface area contributed by atoms with Crippen LogP contribution >= 0.6 is 27.7 Å². The summed E-state index contributed by atoms with van der Waals surface area (Å²) < 4.78 is 2.52. The minimum absolute atomic E-state index is 0.131. The van der Waals surface area contributed by atoms with E-state index in [0.29, 0.717) is 5.16 Å². The van der Waals surface area contributed by atoms with Crippen LogP contribution in [0.25, 0.3) is 0 Å². The van der Waals surface area contributed by atoms with Gasteiger partial charge in [-0.3, -0.25) is 4.57 Å². The lowest BCUT2D eigenvalue weighted by Gasteiger charge is -2.13. The minimum Gasteiger partial charge on any atom is -0.327 e. The Morgan fingerprint density at radius 2 is 2.30 bits per heavy atom. The van der Waals surface area contributed by atoms with Crippen molar-refractivity contribution in [2.75, 3.05) is 0 Å². The van der Waals surface area contributed by atoms with Crippen molar-refractivity contribution in [2.45, 2.75) is 35.9 Å². The Balaban J connectivity index is 2.31. The van der Waals surface area contributed by atoms with E-state index in [0.717, 1.165) is 27.8 Å². The van der Waals surface area contributed by atoms with Crippen molar-refractivity contribution in [3.8, 4) is 0 Å². The van der Waals surface area contributed by atoms with Crippen molar-refractivity contribution < 1.29 is 0 Å². The number of hydrogen-bond donors (Lipinski definition) is 2. The Morgan fingerprint density at radius 3 is 2.90 bits per heavy atom. The van der Waals surface area contributed by atoms with E-state index in [1.807, 2.05) is 12.1 Å². The van der Waals surface area contributed by atoms with Gasteiger partial charge in [-0.25, -0.2) is 9.89 Å². The van der Waals surface area contributed by atoms with Gasteiger partial charge < -0.3 is 5.73 Å². The molecule has 0 fully saturated rings. The van der Waals surface area contributed by atoms with Gasteiger partial charge in [0.1, 0.15) is 0 Å². The number of halogens is 1. The fourth-order valence-corrected chi connectivity index (χ4v) is 3.08. The van der Waals surface area contributed by atoms with Gasteiger partial charge >= 0.3 is 5.69 Å². The molecule has 0 aliphatic rings. The zero-order chi connectivity index (χ0) is 14.7. The van der Waals surface area contributed by atoms with E-state index in [2.05, 4.69) is 39.1 Å². The molecule has 0 radical (unpaired) electrons. The summed E-state index contributed by atoms with van der Waals surface area (Å²) in [6, 6.07) is 6.20. The minimum atomic E-state index is -0.212. The molecule has 3 N–H and O–H groups in total. The highest BCUT2D eigenvalue weighted by molar-refractivity contribution is 9.10. The van der Waals surface area contributed by atoms with Crippen LogP contribution in [0.4, 0.5) is 0 Å². The Kier molecular flexibility index (Phi) is 5.06. The Hall–Kier alpha value is -1.05. The standard InChI is InChI=1S/C13H17BrN4OS/c1-3-10(15)7-8-6-9(14)4-5-11(8)20-13-17-16-12(19)18(13)2/h4-6,10H,3,7,15H2,1-2H3,(H,16,19). The number of nitrogens with two attached hydrogens (primary N) is 1. The lowest BCUT2D eigenvalue weighted by atomic mass is 10.1. The summed E-state index contributed by atoms with van der Waals surface area (Å²) in [7, 11) is 1.70. The van der Waals surface area contributed by atoms with Crippen molar-refractivity contribution >= 4 is 27.7 Å². The molecule has 0 spiro atoms. The normalized spacial score (nSPS) is 12.6. The predicted octanol–water partition coefficient (Wildman–Crippen LogP) is 2.30. The monoisotopic (exact) mass is 356 g/mol. The molecule has 0 saturated heterocycles. The first-order chi connectivity index (χ1) is 9.51.